The Balaban J connectivity index is 1.85. The molecule has 0 radical (unpaired) electrons. The van der Waals surface area contributed by atoms with Crippen LogP contribution in [0.15, 0.2) is 30.3 Å². The third-order valence-corrected chi connectivity index (χ3v) is 3.61. The number of carbonyl (C=O) groups is 1. The normalized spacial score (nSPS) is 21.6. The molecule has 0 aliphatic carbocycles. The third-order valence-electron chi connectivity index (χ3n) is 3.61. The summed E-state index contributed by atoms with van der Waals surface area (Å²) >= 11 is 0. The molecule has 6 nitrogen and oxygen atoms in total. The monoisotopic (exact) mass is 317 g/mol. The van der Waals surface area contributed by atoms with Crippen LogP contribution in [0, 0.1) is 12.7 Å². The number of halogens is 1. The first-order valence-corrected chi connectivity index (χ1v) is 7.27. The molecular formula is C16H16FN3O3. The van der Waals surface area contributed by atoms with Crippen LogP contribution in [0.2, 0.25) is 0 Å². The summed E-state index contributed by atoms with van der Waals surface area (Å²) in [6.07, 6.45) is 2.66. The van der Waals surface area contributed by atoms with Gasteiger partial charge in [0.25, 0.3) is 0 Å². The van der Waals surface area contributed by atoms with E-state index in [0.29, 0.717) is 23.5 Å². The number of ether oxygens (including phenoxy) is 1. The molecule has 0 unspecified atom stereocenters. The van der Waals surface area contributed by atoms with Gasteiger partial charge in [0.15, 0.2) is 0 Å². The van der Waals surface area contributed by atoms with Crippen LogP contribution in [0.5, 0.6) is 0 Å². The number of benzene rings is 1. The molecule has 2 atom stereocenters. The Bertz CT molecular complexity index is 740. The molecule has 0 bridgehead atoms. The Morgan fingerprint density at radius 2 is 2.13 bits per heavy atom. The van der Waals surface area contributed by atoms with E-state index in [9.17, 15) is 14.3 Å². The van der Waals surface area contributed by atoms with Gasteiger partial charge in [-0.25, -0.2) is 9.07 Å². The highest BCUT2D eigenvalue weighted by Gasteiger charge is 2.25. The Morgan fingerprint density at radius 3 is 2.83 bits per heavy atom. The van der Waals surface area contributed by atoms with Crippen molar-refractivity contribution in [3.63, 3.8) is 0 Å². The van der Waals surface area contributed by atoms with Crippen molar-refractivity contribution in [2.75, 3.05) is 0 Å². The summed E-state index contributed by atoms with van der Waals surface area (Å²) in [6.45, 7) is 1.80. The number of aromatic nitrogens is 3. The van der Waals surface area contributed by atoms with Crippen LogP contribution in [0.1, 0.15) is 24.2 Å². The molecule has 1 aromatic carbocycles. The fourth-order valence-corrected chi connectivity index (χ4v) is 2.45. The molecule has 0 amide bonds. The molecule has 0 spiro atoms. The summed E-state index contributed by atoms with van der Waals surface area (Å²) in [5.74, 6) is -0.744. The smallest absolute Gasteiger partial charge is 0.309 e. The summed E-state index contributed by atoms with van der Waals surface area (Å²) in [4.78, 5) is 11.4. The number of hydrogen-bond donors (Lipinski definition) is 1. The Morgan fingerprint density at radius 1 is 1.39 bits per heavy atom. The lowest BCUT2D eigenvalue weighted by Crippen LogP contribution is -2.31. The van der Waals surface area contributed by atoms with E-state index in [1.54, 1.807) is 35.9 Å². The molecule has 1 saturated heterocycles. The SMILES string of the molecule is Cc1nnn(-c2ccc(F)cc2)c1/C=C/[C@@H]1C[C@@H](O)CC(=O)O1. The molecular weight excluding hydrogens is 301 g/mol. The van der Waals surface area contributed by atoms with Crippen LogP contribution < -0.4 is 0 Å². The van der Waals surface area contributed by atoms with Gasteiger partial charge >= 0.3 is 5.97 Å². The average molecular weight is 317 g/mol. The van der Waals surface area contributed by atoms with Gasteiger partial charge in [0, 0.05) is 6.42 Å². The lowest BCUT2D eigenvalue weighted by atomic mass is 10.0. The summed E-state index contributed by atoms with van der Waals surface area (Å²) in [7, 11) is 0. The van der Waals surface area contributed by atoms with Crippen LogP contribution in [-0.2, 0) is 9.53 Å². The molecule has 120 valence electrons. The second-order valence-electron chi connectivity index (χ2n) is 5.43. The quantitative estimate of drug-likeness (QED) is 0.873. The van der Waals surface area contributed by atoms with E-state index in [2.05, 4.69) is 10.3 Å². The van der Waals surface area contributed by atoms with Crippen LogP contribution in [0.3, 0.4) is 0 Å². The minimum absolute atomic E-state index is 0.0262. The zero-order chi connectivity index (χ0) is 16.4. The van der Waals surface area contributed by atoms with E-state index in [-0.39, 0.29) is 12.2 Å². The molecule has 2 aromatic rings. The number of esters is 1. The highest BCUT2D eigenvalue weighted by Crippen LogP contribution is 2.19. The lowest BCUT2D eigenvalue weighted by Gasteiger charge is -2.23. The van der Waals surface area contributed by atoms with Gasteiger partial charge in [-0.15, -0.1) is 5.10 Å². The first kappa shape index (κ1) is 15.4. The molecule has 1 aliphatic heterocycles. The number of hydrogen-bond acceptors (Lipinski definition) is 5. The number of aliphatic hydroxyl groups is 1. The fraction of sp³-hybridized carbons (Fsp3) is 0.312. The molecule has 1 aromatic heterocycles. The number of rotatable bonds is 3. The van der Waals surface area contributed by atoms with Gasteiger partial charge in [-0.1, -0.05) is 5.21 Å². The molecule has 1 N–H and O–H groups in total. The lowest BCUT2D eigenvalue weighted by molar-refractivity contribution is -0.156. The Kier molecular flexibility index (Phi) is 4.20. The van der Waals surface area contributed by atoms with Crippen molar-refractivity contribution < 1.29 is 19.0 Å². The molecule has 7 heteroatoms. The van der Waals surface area contributed by atoms with Crippen molar-refractivity contribution in [3.05, 3.63) is 47.5 Å². The van der Waals surface area contributed by atoms with Gasteiger partial charge in [-0.05, 0) is 43.3 Å². The van der Waals surface area contributed by atoms with Crippen molar-refractivity contribution in [1.82, 2.24) is 15.0 Å². The van der Waals surface area contributed by atoms with Gasteiger partial charge in [0.05, 0.1) is 29.6 Å². The van der Waals surface area contributed by atoms with Crippen molar-refractivity contribution in [3.8, 4) is 5.69 Å². The third kappa shape index (κ3) is 3.45. The minimum Gasteiger partial charge on any atom is -0.458 e. The second-order valence-corrected chi connectivity index (χ2v) is 5.43. The highest BCUT2D eigenvalue weighted by atomic mass is 19.1. The largest absolute Gasteiger partial charge is 0.458 e. The summed E-state index contributed by atoms with van der Waals surface area (Å²) in [5, 5.41) is 17.7. The molecule has 1 aliphatic rings. The van der Waals surface area contributed by atoms with Crippen molar-refractivity contribution in [2.24, 2.45) is 0 Å². The molecule has 23 heavy (non-hydrogen) atoms. The maximum absolute atomic E-state index is 13.0. The summed E-state index contributed by atoms with van der Waals surface area (Å²) < 4.78 is 19.8. The van der Waals surface area contributed by atoms with E-state index in [0.717, 1.165) is 0 Å². The van der Waals surface area contributed by atoms with Gasteiger partial charge in [0.2, 0.25) is 0 Å². The van der Waals surface area contributed by atoms with Gasteiger partial charge < -0.3 is 9.84 Å². The number of aliphatic hydroxyl groups excluding tert-OH is 1. The zero-order valence-corrected chi connectivity index (χ0v) is 12.5. The minimum atomic E-state index is -0.688. The van der Waals surface area contributed by atoms with Crippen molar-refractivity contribution in [2.45, 2.75) is 32.0 Å². The Labute approximate surface area is 132 Å². The topological polar surface area (TPSA) is 77.2 Å². The van der Waals surface area contributed by atoms with E-state index >= 15 is 0 Å². The van der Waals surface area contributed by atoms with Crippen molar-refractivity contribution >= 4 is 12.0 Å². The van der Waals surface area contributed by atoms with E-state index < -0.39 is 18.2 Å². The summed E-state index contributed by atoms with van der Waals surface area (Å²) in [5.41, 5.74) is 2.06. The van der Waals surface area contributed by atoms with Gasteiger partial charge in [-0.3, -0.25) is 4.79 Å². The summed E-state index contributed by atoms with van der Waals surface area (Å²) in [6, 6.07) is 5.90. The van der Waals surface area contributed by atoms with Crippen LogP contribution >= 0.6 is 0 Å². The number of carbonyl (C=O) groups excluding carboxylic acids is 1. The zero-order valence-electron chi connectivity index (χ0n) is 12.5. The molecule has 3 rings (SSSR count). The highest BCUT2D eigenvalue weighted by molar-refractivity contribution is 5.71. The average Bonchev–Trinajstić information content (AvgIpc) is 2.86. The first-order chi connectivity index (χ1) is 11.0. The number of cyclic esters (lactones) is 1. The Hall–Kier alpha value is -2.54. The molecule has 2 heterocycles. The van der Waals surface area contributed by atoms with Crippen LogP contribution in [0.25, 0.3) is 11.8 Å². The van der Waals surface area contributed by atoms with E-state index in [1.165, 1.54) is 12.1 Å². The predicted molar refractivity (Wildman–Crippen MR) is 80.2 cm³/mol. The van der Waals surface area contributed by atoms with Gasteiger partial charge in [0.1, 0.15) is 11.9 Å². The second kappa shape index (κ2) is 6.29. The first-order valence-electron chi connectivity index (χ1n) is 7.27. The molecule has 1 fully saturated rings. The predicted octanol–water partition coefficient (Wildman–Crippen LogP) is 1.79. The van der Waals surface area contributed by atoms with Crippen LogP contribution in [-0.4, -0.2) is 38.3 Å². The number of nitrogens with zero attached hydrogens (tertiary/aromatic N) is 3. The molecule has 0 saturated carbocycles. The number of aryl methyl sites for hydroxylation is 1. The fourth-order valence-electron chi connectivity index (χ4n) is 2.45. The standard InChI is InChI=1S/C16H16FN3O3/c1-10-15(7-6-14-8-13(21)9-16(22)23-14)20(19-18-10)12-4-2-11(17)3-5-12/h2-7,13-14,21H,8-9H2,1H3/b7-6+/t13-,14-/m1/s1. The maximum atomic E-state index is 13.0. The van der Waals surface area contributed by atoms with Gasteiger partial charge in [-0.2, -0.15) is 0 Å². The van der Waals surface area contributed by atoms with Crippen molar-refractivity contribution in [1.29, 1.82) is 0 Å². The van der Waals surface area contributed by atoms with E-state index in [1.807, 2.05) is 0 Å². The van der Waals surface area contributed by atoms with Crippen LogP contribution in [0.4, 0.5) is 4.39 Å². The maximum Gasteiger partial charge on any atom is 0.309 e. The van der Waals surface area contributed by atoms with E-state index in [4.69, 9.17) is 4.74 Å².